The standard InChI is InChI=1S/C46H31NS/c1-4-14-34(15-5-1)43-39-20-10-11-21-40(39)46-45(41-22-12-13-23-42(41)48-46)44(43)35-26-24-32(25-27-35)33-28-30-38(31-29-33)47(36-16-6-2-7-17-36)37-18-8-3-9-19-37/h1-31H. The van der Waals surface area contributed by atoms with E-state index in [9.17, 15) is 0 Å². The molecule has 0 N–H and O–H groups in total. The molecule has 226 valence electrons. The molecule has 8 aromatic carbocycles. The van der Waals surface area contributed by atoms with E-state index < -0.39 is 0 Å². The average molecular weight is 630 g/mol. The molecule has 0 aliphatic carbocycles. The van der Waals surface area contributed by atoms with Crippen LogP contribution in [0.15, 0.2) is 188 Å². The zero-order chi connectivity index (χ0) is 31.9. The summed E-state index contributed by atoms with van der Waals surface area (Å²) in [6.07, 6.45) is 0. The van der Waals surface area contributed by atoms with Gasteiger partial charge in [0.15, 0.2) is 0 Å². The van der Waals surface area contributed by atoms with Gasteiger partial charge in [0.1, 0.15) is 0 Å². The van der Waals surface area contributed by atoms with Crippen molar-refractivity contribution in [2.75, 3.05) is 4.90 Å². The highest BCUT2D eigenvalue weighted by molar-refractivity contribution is 7.26. The molecule has 0 amide bonds. The van der Waals surface area contributed by atoms with Crippen molar-refractivity contribution in [3.63, 3.8) is 0 Å². The monoisotopic (exact) mass is 629 g/mol. The fourth-order valence-corrected chi connectivity index (χ4v) is 8.32. The third-order valence-corrected chi connectivity index (χ3v) is 10.5. The Kier molecular flexibility index (Phi) is 7.07. The van der Waals surface area contributed by atoms with E-state index in [1.807, 2.05) is 11.3 Å². The third-order valence-electron chi connectivity index (χ3n) is 9.26. The summed E-state index contributed by atoms with van der Waals surface area (Å²) in [7, 11) is 0. The van der Waals surface area contributed by atoms with Gasteiger partial charge in [-0.05, 0) is 81.2 Å². The molecule has 1 heterocycles. The molecule has 0 saturated carbocycles. The lowest BCUT2D eigenvalue weighted by molar-refractivity contribution is 1.28. The molecule has 0 spiro atoms. The summed E-state index contributed by atoms with van der Waals surface area (Å²) in [5.41, 5.74) is 10.9. The van der Waals surface area contributed by atoms with Gasteiger partial charge in [-0.2, -0.15) is 0 Å². The van der Waals surface area contributed by atoms with Gasteiger partial charge < -0.3 is 4.90 Å². The van der Waals surface area contributed by atoms with Gasteiger partial charge in [0.2, 0.25) is 0 Å². The quantitative estimate of drug-likeness (QED) is 0.177. The molecule has 1 aromatic heterocycles. The molecule has 0 fully saturated rings. The number of rotatable bonds is 6. The maximum atomic E-state index is 2.31. The summed E-state index contributed by atoms with van der Waals surface area (Å²) in [6, 6.07) is 67.8. The minimum atomic E-state index is 1.13. The van der Waals surface area contributed by atoms with E-state index in [0.29, 0.717) is 0 Å². The maximum Gasteiger partial charge on any atom is 0.0462 e. The van der Waals surface area contributed by atoms with Crippen LogP contribution in [-0.4, -0.2) is 0 Å². The van der Waals surface area contributed by atoms with Crippen LogP contribution < -0.4 is 4.90 Å². The van der Waals surface area contributed by atoms with Crippen LogP contribution in [-0.2, 0) is 0 Å². The molecular formula is C46H31NS. The summed E-state index contributed by atoms with van der Waals surface area (Å²) in [5.74, 6) is 0. The summed E-state index contributed by atoms with van der Waals surface area (Å²) in [5, 5.41) is 5.26. The van der Waals surface area contributed by atoms with Gasteiger partial charge in [-0.3, -0.25) is 0 Å². The summed E-state index contributed by atoms with van der Waals surface area (Å²) >= 11 is 1.90. The van der Waals surface area contributed by atoms with Crippen molar-refractivity contribution in [2.24, 2.45) is 0 Å². The first-order valence-corrected chi connectivity index (χ1v) is 17.2. The Hall–Kier alpha value is -5.96. The zero-order valence-electron chi connectivity index (χ0n) is 26.3. The van der Waals surface area contributed by atoms with Crippen LogP contribution >= 0.6 is 11.3 Å². The molecule has 0 aliphatic rings. The molecule has 0 unspecified atom stereocenters. The fourth-order valence-electron chi connectivity index (χ4n) is 7.07. The first-order valence-electron chi connectivity index (χ1n) is 16.4. The Balaban J connectivity index is 1.18. The Labute approximate surface area is 284 Å². The first kappa shape index (κ1) is 28.3. The second-order valence-electron chi connectivity index (χ2n) is 12.1. The first-order chi connectivity index (χ1) is 23.8. The molecule has 0 radical (unpaired) electrons. The van der Waals surface area contributed by atoms with Crippen LogP contribution in [0.4, 0.5) is 17.1 Å². The van der Waals surface area contributed by atoms with E-state index in [2.05, 4.69) is 193 Å². The van der Waals surface area contributed by atoms with E-state index in [4.69, 9.17) is 0 Å². The van der Waals surface area contributed by atoms with E-state index >= 15 is 0 Å². The van der Waals surface area contributed by atoms with E-state index in [-0.39, 0.29) is 0 Å². The SMILES string of the molecule is c1ccc(-c2c(-c3ccc(-c4ccc(N(c5ccccc5)c5ccccc5)cc4)cc3)c3c4ccccc4sc3c3ccccc23)cc1. The summed E-state index contributed by atoms with van der Waals surface area (Å²) in [4.78, 5) is 2.30. The zero-order valence-corrected chi connectivity index (χ0v) is 27.1. The van der Waals surface area contributed by atoms with E-state index in [1.165, 1.54) is 64.3 Å². The lowest BCUT2D eigenvalue weighted by Gasteiger charge is -2.25. The molecule has 9 aromatic rings. The highest BCUT2D eigenvalue weighted by Crippen LogP contribution is 2.50. The Morgan fingerprint density at radius 2 is 0.750 bits per heavy atom. The largest absolute Gasteiger partial charge is 0.311 e. The van der Waals surface area contributed by atoms with Gasteiger partial charge in [0.25, 0.3) is 0 Å². The molecule has 2 heteroatoms. The number of hydrogen-bond donors (Lipinski definition) is 0. The summed E-state index contributed by atoms with van der Waals surface area (Å²) in [6.45, 7) is 0. The molecular weight excluding hydrogens is 599 g/mol. The highest BCUT2D eigenvalue weighted by atomic mass is 32.1. The van der Waals surface area contributed by atoms with Crippen molar-refractivity contribution < 1.29 is 0 Å². The average Bonchev–Trinajstić information content (AvgIpc) is 3.56. The van der Waals surface area contributed by atoms with Gasteiger partial charge in [-0.1, -0.05) is 146 Å². The molecule has 1 nitrogen and oxygen atoms in total. The smallest absolute Gasteiger partial charge is 0.0462 e. The van der Waals surface area contributed by atoms with Gasteiger partial charge in [0.05, 0.1) is 0 Å². The number of fused-ring (bicyclic) bond motifs is 5. The topological polar surface area (TPSA) is 3.24 Å². The van der Waals surface area contributed by atoms with Crippen LogP contribution in [0.25, 0.3) is 64.3 Å². The normalized spacial score (nSPS) is 11.3. The van der Waals surface area contributed by atoms with Crippen LogP contribution in [0.1, 0.15) is 0 Å². The van der Waals surface area contributed by atoms with Crippen molar-refractivity contribution in [3.05, 3.63) is 188 Å². The van der Waals surface area contributed by atoms with E-state index in [1.54, 1.807) is 0 Å². The van der Waals surface area contributed by atoms with Crippen LogP contribution in [0.5, 0.6) is 0 Å². The molecule has 0 saturated heterocycles. The fraction of sp³-hybridized carbons (Fsp3) is 0. The van der Waals surface area contributed by atoms with Crippen LogP contribution in [0.3, 0.4) is 0 Å². The number of para-hydroxylation sites is 2. The minimum Gasteiger partial charge on any atom is -0.311 e. The molecule has 9 rings (SSSR count). The highest BCUT2D eigenvalue weighted by Gasteiger charge is 2.21. The second-order valence-corrected chi connectivity index (χ2v) is 13.1. The van der Waals surface area contributed by atoms with Crippen LogP contribution in [0, 0.1) is 0 Å². The van der Waals surface area contributed by atoms with Gasteiger partial charge >= 0.3 is 0 Å². The second kappa shape index (κ2) is 12.0. The van der Waals surface area contributed by atoms with Gasteiger partial charge in [0, 0.05) is 42.6 Å². The van der Waals surface area contributed by atoms with E-state index in [0.717, 1.165) is 17.1 Å². The predicted octanol–water partition coefficient (Wildman–Crippen LogP) is 13.7. The maximum absolute atomic E-state index is 2.31. The summed E-state index contributed by atoms with van der Waals surface area (Å²) < 4.78 is 2.67. The lowest BCUT2D eigenvalue weighted by Crippen LogP contribution is -2.09. The van der Waals surface area contributed by atoms with Gasteiger partial charge in [-0.15, -0.1) is 11.3 Å². The molecule has 0 aliphatic heterocycles. The Morgan fingerprint density at radius 1 is 0.312 bits per heavy atom. The van der Waals surface area contributed by atoms with Crippen molar-refractivity contribution in [2.45, 2.75) is 0 Å². The third kappa shape index (κ3) is 4.86. The van der Waals surface area contributed by atoms with Crippen molar-refractivity contribution in [1.29, 1.82) is 0 Å². The Bertz CT molecular complexity index is 2480. The molecule has 0 bridgehead atoms. The number of benzene rings is 8. The molecule has 0 atom stereocenters. The lowest BCUT2D eigenvalue weighted by atomic mass is 9.86. The van der Waals surface area contributed by atoms with Crippen LogP contribution in [0.2, 0.25) is 0 Å². The number of nitrogens with zero attached hydrogens (tertiary/aromatic N) is 1. The number of anilines is 3. The predicted molar refractivity (Wildman–Crippen MR) is 208 cm³/mol. The minimum absolute atomic E-state index is 1.13. The Morgan fingerprint density at radius 3 is 1.38 bits per heavy atom. The van der Waals surface area contributed by atoms with Crippen molar-refractivity contribution >= 4 is 59.3 Å². The number of hydrogen-bond acceptors (Lipinski definition) is 2. The van der Waals surface area contributed by atoms with Crippen molar-refractivity contribution in [3.8, 4) is 33.4 Å². The number of thiophene rings is 1. The molecule has 48 heavy (non-hydrogen) atoms. The van der Waals surface area contributed by atoms with Gasteiger partial charge in [-0.25, -0.2) is 0 Å². The van der Waals surface area contributed by atoms with Crippen molar-refractivity contribution in [1.82, 2.24) is 0 Å².